The summed E-state index contributed by atoms with van der Waals surface area (Å²) in [7, 11) is 0. The molecule has 0 radical (unpaired) electrons. The lowest BCUT2D eigenvalue weighted by molar-refractivity contribution is -0.0627. The molecule has 2 N–H and O–H groups in total. The van der Waals surface area contributed by atoms with Crippen LogP contribution in [0.1, 0.15) is 34.6 Å². The summed E-state index contributed by atoms with van der Waals surface area (Å²) in [5.41, 5.74) is 4.69. The van der Waals surface area contributed by atoms with Crippen molar-refractivity contribution in [3.05, 3.63) is 12.7 Å². The van der Waals surface area contributed by atoms with Crippen LogP contribution in [0.15, 0.2) is 12.7 Å². The van der Waals surface area contributed by atoms with Gasteiger partial charge in [0.25, 0.3) is 0 Å². The summed E-state index contributed by atoms with van der Waals surface area (Å²) in [6, 6.07) is -0.577. The van der Waals surface area contributed by atoms with E-state index in [1.54, 1.807) is 11.0 Å². The third-order valence-corrected chi connectivity index (χ3v) is 2.83. The molecule has 5 nitrogen and oxygen atoms in total. The van der Waals surface area contributed by atoms with E-state index in [1.807, 2.05) is 34.6 Å². The van der Waals surface area contributed by atoms with Gasteiger partial charge in [0.05, 0.1) is 12.6 Å². The molecule has 1 amide bonds. The molecule has 1 fully saturated rings. The molecule has 5 heteroatoms. The van der Waals surface area contributed by atoms with Crippen LogP contribution >= 0.6 is 0 Å². The Balaban J connectivity index is 2.92. The number of ether oxygens (including phenoxy) is 2. The lowest BCUT2D eigenvalue weighted by Gasteiger charge is -2.36. The predicted molar refractivity (Wildman–Crippen MR) is 70.1 cm³/mol. The summed E-state index contributed by atoms with van der Waals surface area (Å²) in [6.07, 6.45) is 1.21. The van der Waals surface area contributed by atoms with Crippen molar-refractivity contribution in [1.82, 2.24) is 4.90 Å². The third kappa shape index (κ3) is 3.23. The van der Waals surface area contributed by atoms with E-state index in [0.29, 0.717) is 6.61 Å². The molecule has 0 aromatic carbocycles. The van der Waals surface area contributed by atoms with Crippen molar-refractivity contribution in [3.63, 3.8) is 0 Å². The molecule has 0 unspecified atom stereocenters. The topological polar surface area (TPSA) is 64.8 Å². The van der Waals surface area contributed by atoms with E-state index in [9.17, 15) is 4.79 Å². The molecular formula is C13H24N2O3. The van der Waals surface area contributed by atoms with Gasteiger partial charge in [0.2, 0.25) is 0 Å². The maximum atomic E-state index is 12.2. The van der Waals surface area contributed by atoms with E-state index in [2.05, 4.69) is 6.58 Å². The Morgan fingerprint density at radius 2 is 2.17 bits per heavy atom. The normalized spacial score (nSPS) is 24.8. The van der Waals surface area contributed by atoms with Crippen LogP contribution in [0.3, 0.4) is 0 Å². The molecule has 1 heterocycles. The molecular weight excluding hydrogens is 232 g/mol. The second-order valence-corrected chi connectivity index (χ2v) is 5.99. The number of nitrogens with two attached hydrogens (primary N) is 1. The van der Waals surface area contributed by atoms with Crippen LogP contribution in [0.5, 0.6) is 0 Å². The Labute approximate surface area is 109 Å². The average molecular weight is 256 g/mol. The van der Waals surface area contributed by atoms with Gasteiger partial charge in [-0.1, -0.05) is 6.08 Å². The first-order valence-corrected chi connectivity index (χ1v) is 6.13. The van der Waals surface area contributed by atoms with E-state index < -0.39 is 17.4 Å². The highest BCUT2D eigenvalue weighted by atomic mass is 16.6. The van der Waals surface area contributed by atoms with Crippen LogP contribution in [0.2, 0.25) is 0 Å². The molecule has 0 saturated carbocycles. The maximum absolute atomic E-state index is 12.2. The molecule has 104 valence electrons. The third-order valence-electron chi connectivity index (χ3n) is 2.83. The summed E-state index contributed by atoms with van der Waals surface area (Å²) >= 11 is 0. The Morgan fingerprint density at radius 3 is 2.61 bits per heavy atom. The standard InChI is InChI=1S/C13H24N2O3/c1-7-9(14)10-8-17-13(5,6)15(10)11(16)18-12(2,3)4/h7,9-10H,1,8,14H2,2-6H3/t9-,10-/m0/s1. The van der Waals surface area contributed by atoms with Crippen molar-refractivity contribution in [2.75, 3.05) is 6.61 Å². The van der Waals surface area contributed by atoms with Gasteiger partial charge in [-0.05, 0) is 34.6 Å². The molecule has 0 aromatic rings. The lowest BCUT2D eigenvalue weighted by Crippen LogP contribution is -2.54. The average Bonchev–Trinajstić information content (AvgIpc) is 2.50. The molecule has 0 aromatic heterocycles. The highest BCUT2D eigenvalue weighted by molar-refractivity contribution is 5.70. The van der Waals surface area contributed by atoms with Gasteiger partial charge in [0.15, 0.2) is 0 Å². The summed E-state index contributed by atoms with van der Waals surface area (Å²) in [5, 5.41) is 0. The quantitative estimate of drug-likeness (QED) is 0.766. The maximum Gasteiger partial charge on any atom is 0.412 e. The molecule has 1 aliphatic rings. The van der Waals surface area contributed by atoms with Crippen LogP contribution in [-0.2, 0) is 9.47 Å². The molecule has 1 aliphatic heterocycles. The highest BCUT2D eigenvalue weighted by Crippen LogP contribution is 2.30. The molecule has 2 atom stereocenters. The number of hydrogen-bond acceptors (Lipinski definition) is 4. The Bertz CT molecular complexity index is 334. The van der Waals surface area contributed by atoms with Gasteiger partial charge in [-0.2, -0.15) is 0 Å². The molecule has 18 heavy (non-hydrogen) atoms. The number of carbonyl (C=O) groups is 1. The van der Waals surface area contributed by atoms with Crippen molar-refractivity contribution in [2.24, 2.45) is 5.73 Å². The zero-order valence-corrected chi connectivity index (χ0v) is 11.9. The van der Waals surface area contributed by atoms with Crippen molar-refractivity contribution in [3.8, 4) is 0 Å². The summed E-state index contributed by atoms with van der Waals surface area (Å²) in [6.45, 7) is 13.2. The van der Waals surface area contributed by atoms with Gasteiger partial charge in [0, 0.05) is 6.04 Å². The summed E-state index contributed by atoms with van der Waals surface area (Å²) < 4.78 is 11.0. The molecule has 1 rings (SSSR count). The number of hydrogen-bond donors (Lipinski definition) is 1. The Kier molecular flexibility index (Phi) is 4.08. The second kappa shape index (κ2) is 4.90. The van der Waals surface area contributed by atoms with Gasteiger partial charge in [0.1, 0.15) is 11.3 Å². The molecule has 0 spiro atoms. The van der Waals surface area contributed by atoms with Gasteiger partial charge in [-0.3, -0.25) is 4.90 Å². The lowest BCUT2D eigenvalue weighted by atomic mass is 10.1. The van der Waals surface area contributed by atoms with Crippen LogP contribution in [-0.4, -0.2) is 41.0 Å². The predicted octanol–water partition coefficient (Wildman–Crippen LogP) is 1.87. The SMILES string of the molecule is C=C[C@H](N)[C@@H]1COC(C)(C)N1C(=O)OC(C)(C)C. The van der Waals surface area contributed by atoms with Crippen LogP contribution in [0, 0.1) is 0 Å². The van der Waals surface area contributed by atoms with Crippen LogP contribution in [0.25, 0.3) is 0 Å². The monoisotopic (exact) mass is 256 g/mol. The van der Waals surface area contributed by atoms with Gasteiger partial charge in [-0.25, -0.2) is 4.79 Å². The number of amides is 1. The van der Waals surface area contributed by atoms with Crippen LogP contribution < -0.4 is 5.73 Å². The fraction of sp³-hybridized carbons (Fsp3) is 0.769. The van der Waals surface area contributed by atoms with Crippen molar-refractivity contribution >= 4 is 6.09 Å². The van der Waals surface area contributed by atoms with E-state index in [0.717, 1.165) is 0 Å². The first-order valence-electron chi connectivity index (χ1n) is 6.13. The molecule has 1 saturated heterocycles. The fourth-order valence-electron chi connectivity index (χ4n) is 1.94. The van der Waals surface area contributed by atoms with E-state index in [-0.39, 0.29) is 12.1 Å². The van der Waals surface area contributed by atoms with E-state index >= 15 is 0 Å². The smallest absolute Gasteiger partial charge is 0.412 e. The first-order chi connectivity index (χ1) is 8.08. The minimum atomic E-state index is -0.715. The summed E-state index contributed by atoms with van der Waals surface area (Å²) in [4.78, 5) is 13.8. The van der Waals surface area contributed by atoms with Crippen molar-refractivity contribution < 1.29 is 14.3 Å². The molecule has 0 bridgehead atoms. The van der Waals surface area contributed by atoms with Gasteiger partial charge >= 0.3 is 6.09 Å². The first kappa shape index (κ1) is 15.0. The fourth-order valence-corrected chi connectivity index (χ4v) is 1.94. The number of rotatable bonds is 2. The molecule has 0 aliphatic carbocycles. The Morgan fingerprint density at radius 1 is 1.61 bits per heavy atom. The highest BCUT2D eigenvalue weighted by Gasteiger charge is 2.47. The zero-order chi connectivity index (χ0) is 14.1. The van der Waals surface area contributed by atoms with E-state index in [4.69, 9.17) is 15.2 Å². The largest absolute Gasteiger partial charge is 0.444 e. The van der Waals surface area contributed by atoms with Crippen molar-refractivity contribution in [2.45, 2.75) is 58.0 Å². The second-order valence-electron chi connectivity index (χ2n) is 5.99. The zero-order valence-electron chi connectivity index (χ0n) is 11.9. The minimum Gasteiger partial charge on any atom is -0.444 e. The number of nitrogens with zero attached hydrogens (tertiary/aromatic N) is 1. The van der Waals surface area contributed by atoms with Gasteiger partial charge in [-0.15, -0.1) is 6.58 Å². The van der Waals surface area contributed by atoms with Crippen molar-refractivity contribution in [1.29, 1.82) is 0 Å². The minimum absolute atomic E-state index is 0.243. The Hall–Kier alpha value is -1.07. The summed E-state index contributed by atoms with van der Waals surface area (Å²) in [5.74, 6) is 0. The number of carbonyl (C=O) groups excluding carboxylic acids is 1. The van der Waals surface area contributed by atoms with E-state index in [1.165, 1.54) is 0 Å². The van der Waals surface area contributed by atoms with Gasteiger partial charge < -0.3 is 15.2 Å². The van der Waals surface area contributed by atoms with Crippen LogP contribution in [0.4, 0.5) is 4.79 Å².